The molecule has 0 aromatic carbocycles. The second kappa shape index (κ2) is 4.06. The van der Waals surface area contributed by atoms with Gasteiger partial charge in [-0.25, -0.2) is 4.98 Å². The van der Waals surface area contributed by atoms with Crippen LogP contribution in [0.3, 0.4) is 0 Å². The molecular formula is C7H12N4S. The van der Waals surface area contributed by atoms with E-state index < -0.39 is 0 Å². The molecule has 0 aliphatic rings. The van der Waals surface area contributed by atoms with E-state index in [1.165, 1.54) is 5.69 Å². The number of hydrogen-bond donors (Lipinski definition) is 2. The zero-order valence-electron chi connectivity index (χ0n) is 6.95. The molecule has 1 heterocycles. The Kier molecular flexibility index (Phi) is 3.04. The minimum atomic E-state index is 0.345. The molecule has 0 amide bonds. The van der Waals surface area contributed by atoms with Gasteiger partial charge in [-0.05, 0) is 12.2 Å². The third-order valence-electron chi connectivity index (χ3n) is 1.60. The largest absolute Gasteiger partial charge is 0.376 e. The first kappa shape index (κ1) is 8.99. The summed E-state index contributed by atoms with van der Waals surface area (Å²) in [5, 5.41) is 3.22. The van der Waals surface area contributed by atoms with E-state index in [1.54, 1.807) is 6.33 Å². The van der Waals surface area contributed by atoms with Crippen molar-refractivity contribution < 1.29 is 0 Å². The molecule has 0 radical (unpaired) electrons. The molecular weight excluding hydrogens is 172 g/mol. The van der Waals surface area contributed by atoms with Crippen LogP contribution in [-0.2, 0) is 13.5 Å². The van der Waals surface area contributed by atoms with Crippen molar-refractivity contribution in [3.8, 4) is 0 Å². The third kappa shape index (κ3) is 2.50. The van der Waals surface area contributed by atoms with E-state index in [4.69, 9.17) is 5.73 Å². The maximum atomic E-state index is 5.27. The lowest BCUT2D eigenvalue weighted by Crippen LogP contribution is -2.30. The highest BCUT2D eigenvalue weighted by Gasteiger charge is 1.96. The van der Waals surface area contributed by atoms with Crippen molar-refractivity contribution in [2.45, 2.75) is 6.42 Å². The summed E-state index contributed by atoms with van der Waals surface area (Å²) in [5.41, 5.74) is 6.43. The number of nitrogens with zero attached hydrogens (tertiary/aromatic N) is 2. The molecule has 4 nitrogen and oxygen atoms in total. The number of rotatable bonds is 3. The molecule has 0 atom stereocenters. The monoisotopic (exact) mass is 184 g/mol. The maximum Gasteiger partial charge on any atom is 0.163 e. The summed E-state index contributed by atoms with van der Waals surface area (Å²) in [5.74, 6) is 0. The Morgan fingerprint density at radius 1 is 1.83 bits per heavy atom. The van der Waals surface area contributed by atoms with Gasteiger partial charge in [0.05, 0.1) is 6.33 Å². The van der Waals surface area contributed by atoms with Gasteiger partial charge in [-0.3, -0.25) is 0 Å². The Labute approximate surface area is 76.8 Å². The van der Waals surface area contributed by atoms with Crippen molar-refractivity contribution in [1.82, 2.24) is 14.9 Å². The zero-order chi connectivity index (χ0) is 8.97. The van der Waals surface area contributed by atoms with Crippen LogP contribution in [0.15, 0.2) is 12.5 Å². The first-order valence-corrected chi connectivity index (χ1v) is 4.09. The molecule has 0 unspecified atom stereocenters. The summed E-state index contributed by atoms with van der Waals surface area (Å²) in [4.78, 5) is 3.99. The van der Waals surface area contributed by atoms with Crippen LogP contribution in [0.25, 0.3) is 0 Å². The molecule has 0 spiro atoms. The van der Waals surface area contributed by atoms with E-state index >= 15 is 0 Å². The standard InChI is InChI=1S/C7H12N4S/c1-11-5-9-4-6(11)2-3-10-7(8)12/h4-5H,2-3H2,1H3,(H3,8,10,12). The van der Waals surface area contributed by atoms with Gasteiger partial charge in [-0.2, -0.15) is 0 Å². The molecule has 66 valence electrons. The Morgan fingerprint density at radius 3 is 3.08 bits per heavy atom. The van der Waals surface area contributed by atoms with Crippen LogP contribution in [0, 0.1) is 0 Å². The van der Waals surface area contributed by atoms with Gasteiger partial charge in [0.1, 0.15) is 0 Å². The fraction of sp³-hybridized carbons (Fsp3) is 0.429. The lowest BCUT2D eigenvalue weighted by molar-refractivity contribution is 0.774. The topological polar surface area (TPSA) is 55.9 Å². The molecule has 5 heteroatoms. The van der Waals surface area contributed by atoms with E-state index in [0.717, 1.165) is 13.0 Å². The summed E-state index contributed by atoms with van der Waals surface area (Å²) in [6.45, 7) is 0.759. The quantitative estimate of drug-likeness (QED) is 0.639. The SMILES string of the molecule is Cn1cncc1CCNC(N)=S. The fourth-order valence-electron chi connectivity index (χ4n) is 0.939. The molecule has 1 rings (SSSR count). The fourth-order valence-corrected chi connectivity index (χ4v) is 1.04. The van der Waals surface area contributed by atoms with Gasteiger partial charge in [0.25, 0.3) is 0 Å². The minimum Gasteiger partial charge on any atom is -0.376 e. The second-order valence-electron chi connectivity index (χ2n) is 2.54. The zero-order valence-corrected chi connectivity index (χ0v) is 7.77. The summed E-state index contributed by atoms with van der Waals surface area (Å²) >= 11 is 4.67. The Hall–Kier alpha value is -1.10. The molecule has 3 N–H and O–H groups in total. The Balaban J connectivity index is 2.33. The third-order valence-corrected chi connectivity index (χ3v) is 1.74. The van der Waals surface area contributed by atoms with Crippen LogP contribution in [0.1, 0.15) is 5.69 Å². The van der Waals surface area contributed by atoms with Crippen molar-refractivity contribution in [3.63, 3.8) is 0 Å². The van der Waals surface area contributed by atoms with E-state index in [-0.39, 0.29) is 0 Å². The van der Waals surface area contributed by atoms with Gasteiger partial charge in [0.2, 0.25) is 0 Å². The lowest BCUT2D eigenvalue weighted by atomic mass is 10.3. The Bertz CT molecular complexity index is 268. The van der Waals surface area contributed by atoms with Gasteiger partial charge < -0.3 is 15.6 Å². The number of imidazole rings is 1. The highest BCUT2D eigenvalue weighted by Crippen LogP contribution is 1.95. The summed E-state index contributed by atoms with van der Waals surface area (Å²) in [6.07, 6.45) is 4.49. The van der Waals surface area contributed by atoms with Gasteiger partial charge in [0.15, 0.2) is 5.11 Å². The van der Waals surface area contributed by atoms with Crippen LogP contribution in [0.5, 0.6) is 0 Å². The van der Waals surface area contributed by atoms with Crippen LogP contribution >= 0.6 is 12.2 Å². The van der Waals surface area contributed by atoms with Crippen molar-refractivity contribution in [2.24, 2.45) is 12.8 Å². The number of thiocarbonyl (C=S) groups is 1. The first-order chi connectivity index (χ1) is 5.70. The summed E-state index contributed by atoms with van der Waals surface area (Å²) < 4.78 is 1.97. The predicted octanol–water partition coefficient (Wildman–Crippen LogP) is -0.204. The van der Waals surface area contributed by atoms with Crippen LogP contribution < -0.4 is 11.1 Å². The van der Waals surface area contributed by atoms with E-state index in [1.807, 2.05) is 17.8 Å². The van der Waals surface area contributed by atoms with Gasteiger partial charge in [0, 0.05) is 31.9 Å². The molecule has 0 saturated carbocycles. The van der Waals surface area contributed by atoms with Crippen molar-refractivity contribution in [2.75, 3.05) is 6.54 Å². The molecule has 1 aromatic rings. The van der Waals surface area contributed by atoms with Gasteiger partial charge in [-0.15, -0.1) is 0 Å². The average Bonchev–Trinajstić information content (AvgIpc) is 2.36. The average molecular weight is 184 g/mol. The van der Waals surface area contributed by atoms with E-state index in [2.05, 4.69) is 22.5 Å². The first-order valence-electron chi connectivity index (χ1n) is 3.68. The van der Waals surface area contributed by atoms with Crippen LogP contribution in [-0.4, -0.2) is 21.2 Å². The molecule has 0 aliphatic carbocycles. The number of aromatic nitrogens is 2. The normalized spacial score (nSPS) is 9.75. The van der Waals surface area contributed by atoms with Crippen molar-refractivity contribution in [1.29, 1.82) is 0 Å². The summed E-state index contributed by atoms with van der Waals surface area (Å²) in [6, 6.07) is 0. The van der Waals surface area contributed by atoms with Crippen molar-refractivity contribution in [3.05, 3.63) is 18.2 Å². The van der Waals surface area contributed by atoms with Gasteiger partial charge in [-0.1, -0.05) is 0 Å². The number of nitrogens with two attached hydrogens (primary N) is 1. The maximum absolute atomic E-state index is 5.27. The highest BCUT2D eigenvalue weighted by atomic mass is 32.1. The highest BCUT2D eigenvalue weighted by molar-refractivity contribution is 7.80. The molecule has 12 heavy (non-hydrogen) atoms. The molecule has 0 bridgehead atoms. The Morgan fingerprint density at radius 2 is 2.58 bits per heavy atom. The number of hydrogen-bond acceptors (Lipinski definition) is 2. The van der Waals surface area contributed by atoms with Crippen LogP contribution in [0.2, 0.25) is 0 Å². The summed E-state index contributed by atoms with van der Waals surface area (Å²) in [7, 11) is 1.96. The molecule has 0 fully saturated rings. The van der Waals surface area contributed by atoms with Crippen LogP contribution in [0.4, 0.5) is 0 Å². The van der Waals surface area contributed by atoms with E-state index in [9.17, 15) is 0 Å². The van der Waals surface area contributed by atoms with E-state index in [0.29, 0.717) is 5.11 Å². The minimum absolute atomic E-state index is 0.345. The predicted molar refractivity (Wildman–Crippen MR) is 51.7 cm³/mol. The lowest BCUT2D eigenvalue weighted by Gasteiger charge is -2.03. The molecule has 0 saturated heterocycles. The number of nitrogens with one attached hydrogen (secondary N) is 1. The number of aryl methyl sites for hydroxylation is 1. The van der Waals surface area contributed by atoms with Gasteiger partial charge >= 0.3 is 0 Å². The van der Waals surface area contributed by atoms with Crippen molar-refractivity contribution >= 4 is 17.3 Å². The second-order valence-corrected chi connectivity index (χ2v) is 2.98. The molecule has 0 aliphatic heterocycles. The smallest absolute Gasteiger partial charge is 0.163 e. The molecule has 1 aromatic heterocycles.